The highest BCUT2D eigenvalue weighted by molar-refractivity contribution is 6.30. The summed E-state index contributed by atoms with van der Waals surface area (Å²) in [6, 6.07) is 5.50. The molecule has 0 atom stereocenters. The monoisotopic (exact) mass is 426 g/mol. The highest BCUT2D eigenvalue weighted by Crippen LogP contribution is 2.33. The van der Waals surface area contributed by atoms with Crippen LogP contribution in [-0.2, 0) is 11.2 Å². The highest BCUT2D eigenvalue weighted by Gasteiger charge is 2.17. The van der Waals surface area contributed by atoms with Gasteiger partial charge in [-0.15, -0.1) is 0 Å². The molecule has 0 amide bonds. The number of aromatic nitrogens is 4. The number of nitrogens with two attached hydrogens (primary N) is 1. The molecule has 1 aliphatic heterocycles. The van der Waals surface area contributed by atoms with E-state index in [1.807, 2.05) is 19.1 Å². The van der Waals surface area contributed by atoms with Crippen molar-refractivity contribution in [2.75, 3.05) is 37.7 Å². The summed E-state index contributed by atoms with van der Waals surface area (Å²) >= 11 is 6.19. The normalized spacial score (nSPS) is 14.0. The molecule has 0 aromatic carbocycles. The zero-order valence-electron chi connectivity index (χ0n) is 16.7. The SMILES string of the molecule is Cc1cc(Oc2cc(Cl)cnc2-c2ncc(CCN)cn2)cc(N2CCOCC2)n1. The van der Waals surface area contributed by atoms with Crippen molar-refractivity contribution in [2.45, 2.75) is 13.3 Å². The maximum Gasteiger partial charge on any atom is 0.182 e. The molecule has 3 aromatic rings. The predicted molar refractivity (Wildman–Crippen MR) is 115 cm³/mol. The van der Waals surface area contributed by atoms with E-state index < -0.39 is 0 Å². The average molecular weight is 427 g/mol. The minimum Gasteiger partial charge on any atom is -0.455 e. The van der Waals surface area contributed by atoms with E-state index in [0.717, 1.165) is 36.6 Å². The van der Waals surface area contributed by atoms with E-state index in [0.29, 0.717) is 47.8 Å². The molecule has 0 radical (unpaired) electrons. The Morgan fingerprint density at radius 3 is 2.60 bits per heavy atom. The number of pyridine rings is 2. The van der Waals surface area contributed by atoms with Gasteiger partial charge in [0.2, 0.25) is 0 Å². The number of halogens is 1. The summed E-state index contributed by atoms with van der Waals surface area (Å²) in [4.78, 5) is 20.1. The minimum atomic E-state index is 0.460. The van der Waals surface area contributed by atoms with E-state index >= 15 is 0 Å². The van der Waals surface area contributed by atoms with Crippen LogP contribution in [0, 0.1) is 6.92 Å². The van der Waals surface area contributed by atoms with Gasteiger partial charge in [-0.25, -0.2) is 19.9 Å². The van der Waals surface area contributed by atoms with E-state index in [1.54, 1.807) is 24.7 Å². The summed E-state index contributed by atoms with van der Waals surface area (Å²) in [5.41, 5.74) is 7.94. The van der Waals surface area contributed by atoms with Gasteiger partial charge in [-0.2, -0.15) is 0 Å². The zero-order chi connectivity index (χ0) is 20.9. The molecule has 0 unspecified atom stereocenters. The molecule has 8 nitrogen and oxygen atoms in total. The van der Waals surface area contributed by atoms with Gasteiger partial charge in [0.1, 0.15) is 11.6 Å². The largest absolute Gasteiger partial charge is 0.455 e. The van der Waals surface area contributed by atoms with Crippen molar-refractivity contribution in [3.8, 4) is 23.0 Å². The number of hydrogen-bond donors (Lipinski definition) is 1. The van der Waals surface area contributed by atoms with Crippen LogP contribution >= 0.6 is 11.6 Å². The molecule has 1 aliphatic rings. The Hall–Kier alpha value is -2.81. The van der Waals surface area contributed by atoms with Crippen LogP contribution in [0.5, 0.6) is 11.5 Å². The van der Waals surface area contributed by atoms with Gasteiger partial charge in [0, 0.05) is 55.6 Å². The summed E-state index contributed by atoms with van der Waals surface area (Å²) in [6.07, 6.45) is 5.78. The Bertz CT molecular complexity index is 1010. The Morgan fingerprint density at radius 1 is 1.10 bits per heavy atom. The van der Waals surface area contributed by atoms with Gasteiger partial charge in [0.15, 0.2) is 17.3 Å². The Labute approximate surface area is 180 Å². The maximum atomic E-state index is 6.19. The molecule has 0 spiro atoms. The van der Waals surface area contributed by atoms with E-state index in [9.17, 15) is 0 Å². The molecule has 0 bridgehead atoms. The third kappa shape index (κ3) is 4.84. The third-order valence-electron chi connectivity index (χ3n) is 4.65. The van der Waals surface area contributed by atoms with Crippen LogP contribution in [-0.4, -0.2) is 52.8 Å². The van der Waals surface area contributed by atoms with Gasteiger partial charge in [-0.3, -0.25) is 0 Å². The molecule has 4 rings (SSSR count). The second kappa shape index (κ2) is 9.34. The van der Waals surface area contributed by atoms with Crippen molar-refractivity contribution < 1.29 is 9.47 Å². The smallest absolute Gasteiger partial charge is 0.182 e. The molecule has 4 heterocycles. The number of morpholine rings is 1. The lowest BCUT2D eigenvalue weighted by Crippen LogP contribution is -2.36. The van der Waals surface area contributed by atoms with Crippen molar-refractivity contribution in [1.82, 2.24) is 19.9 Å². The Balaban J connectivity index is 1.64. The quantitative estimate of drug-likeness (QED) is 0.642. The van der Waals surface area contributed by atoms with Crippen LogP contribution < -0.4 is 15.4 Å². The van der Waals surface area contributed by atoms with Crippen molar-refractivity contribution in [3.63, 3.8) is 0 Å². The Kier molecular flexibility index (Phi) is 6.37. The number of ether oxygens (including phenoxy) is 2. The molecular weight excluding hydrogens is 404 g/mol. The van der Waals surface area contributed by atoms with Crippen molar-refractivity contribution in [1.29, 1.82) is 0 Å². The van der Waals surface area contributed by atoms with Crippen LogP contribution in [0.2, 0.25) is 5.02 Å². The van der Waals surface area contributed by atoms with Crippen LogP contribution in [0.15, 0.2) is 36.8 Å². The number of nitrogens with zero attached hydrogens (tertiary/aromatic N) is 5. The summed E-state index contributed by atoms with van der Waals surface area (Å²) in [5.74, 6) is 2.44. The van der Waals surface area contributed by atoms with Crippen LogP contribution in [0.4, 0.5) is 5.82 Å². The molecule has 3 aromatic heterocycles. The Morgan fingerprint density at radius 2 is 1.87 bits per heavy atom. The maximum absolute atomic E-state index is 6.19. The van der Waals surface area contributed by atoms with Gasteiger partial charge in [-0.1, -0.05) is 11.6 Å². The summed E-state index contributed by atoms with van der Waals surface area (Å²) in [7, 11) is 0. The van der Waals surface area contributed by atoms with Gasteiger partial charge >= 0.3 is 0 Å². The molecule has 9 heteroatoms. The predicted octanol–water partition coefficient (Wildman–Crippen LogP) is 3.03. The highest BCUT2D eigenvalue weighted by atomic mass is 35.5. The standard InChI is InChI=1S/C21H23ClN6O2/c1-14-8-17(10-19(27-14)28-4-6-29-7-5-28)30-18-9-16(22)13-24-20(18)21-25-11-15(2-3-23)12-26-21/h8-13H,2-7,23H2,1H3. The molecule has 0 saturated carbocycles. The average Bonchev–Trinajstić information content (AvgIpc) is 2.75. The van der Waals surface area contributed by atoms with Gasteiger partial charge in [0.25, 0.3) is 0 Å². The van der Waals surface area contributed by atoms with E-state index in [1.165, 1.54) is 0 Å². The molecule has 1 fully saturated rings. The lowest BCUT2D eigenvalue weighted by molar-refractivity contribution is 0.122. The topological polar surface area (TPSA) is 99.3 Å². The fourth-order valence-electron chi connectivity index (χ4n) is 3.20. The first-order valence-corrected chi connectivity index (χ1v) is 10.2. The molecular formula is C21H23ClN6O2. The van der Waals surface area contributed by atoms with Crippen LogP contribution in [0.3, 0.4) is 0 Å². The fourth-order valence-corrected chi connectivity index (χ4v) is 3.35. The minimum absolute atomic E-state index is 0.460. The zero-order valence-corrected chi connectivity index (χ0v) is 17.5. The summed E-state index contributed by atoms with van der Waals surface area (Å²) in [6.45, 7) is 5.44. The lowest BCUT2D eigenvalue weighted by Gasteiger charge is -2.28. The molecule has 0 aliphatic carbocycles. The molecule has 30 heavy (non-hydrogen) atoms. The third-order valence-corrected chi connectivity index (χ3v) is 4.85. The lowest BCUT2D eigenvalue weighted by atomic mass is 10.2. The number of rotatable bonds is 6. The van der Waals surface area contributed by atoms with E-state index in [4.69, 9.17) is 26.8 Å². The number of hydrogen-bond acceptors (Lipinski definition) is 8. The first-order chi connectivity index (χ1) is 14.6. The second-order valence-electron chi connectivity index (χ2n) is 6.96. The summed E-state index contributed by atoms with van der Waals surface area (Å²) in [5, 5.41) is 0.465. The van der Waals surface area contributed by atoms with Gasteiger partial charge in [-0.05, 0) is 25.5 Å². The van der Waals surface area contributed by atoms with Gasteiger partial charge in [0.05, 0.1) is 18.2 Å². The van der Waals surface area contributed by atoms with Gasteiger partial charge < -0.3 is 20.1 Å². The second-order valence-corrected chi connectivity index (χ2v) is 7.39. The van der Waals surface area contributed by atoms with Crippen molar-refractivity contribution in [3.05, 3.63) is 53.1 Å². The van der Waals surface area contributed by atoms with Crippen molar-refractivity contribution in [2.24, 2.45) is 5.73 Å². The van der Waals surface area contributed by atoms with E-state index in [-0.39, 0.29) is 0 Å². The molecule has 156 valence electrons. The first-order valence-electron chi connectivity index (χ1n) is 9.78. The number of aryl methyl sites for hydroxylation is 1. The summed E-state index contributed by atoms with van der Waals surface area (Å²) < 4.78 is 11.6. The molecule has 1 saturated heterocycles. The van der Waals surface area contributed by atoms with Crippen LogP contribution in [0.25, 0.3) is 11.5 Å². The van der Waals surface area contributed by atoms with E-state index in [2.05, 4.69) is 24.8 Å². The fraction of sp³-hybridized carbons (Fsp3) is 0.333. The number of anilines is 1. The van der Waals surface area contributed by atoms with Crippen LogP contribution in [0.1, 0.15) is 11.3 Å². The first kappa shape index (κ1) is 20.5. The molecule has 2 N–H and O–H groups in total. The van der Waals surface area contributed by atoms with Crippen molar-refractivity contribution >= 4 is 17.4 Å².